The van der Waals surface area contributed by atoms with Gasteiger partial charge in [-0.25, -0.2) is 9.97 Å². The van der Waals surface area contributed by atoms with Crippen molar-refractivity contribution in [2.45, 2.75) is 19.3 Å². The summed E-state index contributed by atoms with van der Waals surface area (Å²) in [5, 5.41) is 10.3. The van der Waals surface area contributed by atoms with Crippen LogP contribution in [0.1, 0.15) is 15.7 Å². The van der Waals surface area contributed by atoms with Crippen LogP contribution in [0.4, 0.5) is 13.2 Å². The fourth-order valence-electron chi connectivity index (χ4n) is 2.20. The molecule has 0 bridgehead atoms. The minimum Gasteiger partial charge on any atom is -0.350 e. The Morgan fingerprint density at radius 1 is 1.00 bits per heavy atom. The van der Waals surface area contributed by atoms with Crippen molar-refractivity contribution in [1.29, 1.82) is 0 Å². The van der Waals surface area contributed by atoms with E-state index in [1.165, 1.54) is 11.3 Å². The van der Waals surface area contributed by atoms with Gasteiger partial charge >= 0.3 is 6.18 Å². The van der Waals surface area contributed by atoms with Crippen molar-refractivity contribution in [3.8, 4) is 11.3 Å². The van der Waals surface area contributed by atoms with Gasteiger partial charge in [-0.05, 0) is 0 Å². The number of halogens is 3. The Kier molecular flexibility index (Phi) is 6.07. The lowest BCUT2D eigenvalue weighted by Gasteiger charge is -2.09. The maximum absolute atomic E-state index is 12.6. The van der Waals surface area contributed by atoms with E-state index in [1.54, 1.807) is 7.05 Å². The Bertz CT molecular complexity index is 903. The van der Waals surface area contributed by atoms with Crippen LogP contribution in [0.3, 0.4) is 0 Å². The Balaban J connectivity index is 1.52. The smallest absolute Gasteiger partial charge is 0.350 e. The first kappa shape index (κ1) is 19.3. The van der Waals surface area contributed by atoms with Crippen LogP contribution >= 0.6 is 22.7 Å². The number of nitrogens with zero attached hydrogens (tertiary/aromatic N) is 3. The van der Waals surface area contributed by atoms with Gasteiger partial charge < -0.3 is 10.6 Å². The van der Waals surface area contributed by atoms with Crippen LogP contribution in [0.5, 0.6) is 0 Å². The third kappa shape index (κ3) is 5.27. The van der Waals surface area contributed by atoms with E-state index in [-0.39, 0.29) is 6.54 Å². The largest absolute Gasteiger partial charge is 0.434 e. The highest BCUT2D eigenvalue weighted by Gasteiger charge is 2.33. The van der Waals surface area contributed by atoms with Gasteiger partial charge in [0, 0.05) is 23.4 Å². The van der Waals surface area contributed by atoms with E-state index in [0.717, 1.165) is 33.0 Å². The molecule has 0 aliphatic carbocycles. The summed E-state index contributed by atoms with van der Waals surface area (Å²) in [5.41, 5.74) is 1.08. The lowest BCUT2D eigenvalue weighted by molar-refractivity contribution is -0.140. The minimum absolute atomic E-state index is 0.160. The van der Waals surface area contributed by atoms with Crippen molar-refractivity contribution in [3.05, 3.63) is 56.8 Å². The molecule has 0 amide bonds. The van der Waals surface area contributed by atoms with Crippen molar-refractivity contribution in [1.82, 2.24) is 20.6 Å². The van der Waals surface area contributed by atoms with Crippen molar-refractivity contribution < 1.29 is 13.2 Å². The van der Waals surface area contributed by atoms with Gasteiger partial charge in [-0.2, -0.15) is 13.2 Å². The highest BCUT2D eigenvalue weighted by molar-refractivity contribution is 7.10. The van der Waals surface area contributed by atoms with Gasteiger partial charge in [0.2, 0.25) is 0 Å². The first-order valence-electron chi connectivity index (χ1n) is 7.91. The third-order valence-corrected chi connectivity index (χ3v) is 5.20. The van der Waals surface area contributed by atoms with Crippen molar-refractivity contribution >= 4 is 28.6 Å². The molecule has 0 unspecified atom stereocenters. The third-order valence-electron chi connectivity index (χ3n) is 3.50. The predicted molar refractivity (Wildman–Crippen MR) is 102 cm³/mol. The molecule has 142 valence electrons. The summed E-state index contributed by atoms with van der Waals surface area (Å²) in [7, 11) is 1.59. The van der Waals surface area contributed by atoms with Gasteiger partial charge in [0.25, 0.3) is 0 Å². The van der Waals surface area contributed by atoms with Gasteiger partial charge in [0.05, 0.1) is 18.8 Å². The van der Waals surface area contributed by atoms with Crippen molar-refractivity contribution in [2.24, 2.45) is 4.99 Å². The van der Waals surface area contributed by atoms with Crippen LogP contribution in [0.2, 0.25) is 0 Å². The summed E-state index contributed by atoms with van der Waals surface area (Å²) in [4.78, 5) is 12.2. The van der Waals surface area contributed by atoms with E-state index in [1.807, 2.05) is 35.7 Å². The summed E-state index contributed by atoms with van der Waals surface area (Å²) in [6.45, 7) is 0.621. The SMILES string of the molecule is CN=C(NCc1nc(-c2ccccc2)cs1)NCc1nc(C(F)(F)F)cs1. The second-order valence-corrected chi connectivity index (χ2v) is 7.28. The zero-order valence-electron chi connectivity index (χ0n) is 14.2. The van der Waals surface area contributed by atoms with Gasteiger partial charge in [-0.15, -0.1) is 22.7 Å². The average molecular weight is 411 g/mol. The molecule has 3 rings (SSSR count). The monoisotopic (exact) mass is 411 g/mol. The van der Waals surface area contributed by atoms with Crippen LogP contribution in [0, 0.1) is 0 Å². The fraction of sp³-hybridized carbons (Fsp3) is 0.235. The van der Waals surface area contributed by atoms with E-state index in [9.17, 15) is 13.2 Å². The molecular formula is C17H16F3N5S2. The molecule has 1 aromatic carbocycles. The van der Waals surface area contributed by atoms with Crippen LogP contribution in [-0.2, 0) is 19.3 Å². The topological polar surface area (TPSA) is 62.2 Å². The average Bonchev–Trinajstić information content (AvgIpc) is 3.32. The summed E-state index contributed by atoms with van der Waals surface area (Å²) >= 11 is 2.48. The summed E-state index contributed by atoms with van der Waals surface area (Å²) in [5.74, 6) is 0.468. The molecule has 2 N–H and O–H groups in total. The molecule has 10 heteroatoms. The highest BCUT2D eigenvalue weighted by atomic mass is 32.1. The van der Waals surface area contributed by atoms with E-state index >= 15 is 0 Å². The highest BCUT2D eigenvalue weighted by Crippen LogP contribution is 2.29. The van der Waals surface area contributed by atoms with Crippen molar-refractivity contribution in [2.75, 3.05) is 7.05 Å². The number of guanidine groups is 1. The molecule has 0 saturated heterocycles. The standard InChI is InChI=1S/C17H16F3N5S2/c1-21-16(23-8-15-25-13(10-27-15)17(18,19)20)22-7-14-24-12(9-26-14)11-5-3-2-4-6-11/h2-6,9-10H,7-8H2,1H3,(H2,21,22,23). The molecule has 3 aromatic rings. The fourth-order valence-corrected chi connectivity index (χ4v) is 3.68. The number of aliphatic imine (C=N–C) groups is 1. The number of hydrogen-bond donors (Lipinski definition) is 2. The Hall–Kier alpha value is -2.46. The summed E-state index contributed by atoms with van der Waals surface area (Å²) < 4.78 is 37.7. The molecule has 2 aromatic heterocycles. The zero-order chi connectivity index (χ0) is 19.3. The number of aromatic nitrogens is 2. The van der Waals surface area contributed by atoms with Gasteiger partial charge in [-0.3, -0.25) is 4.99 Å². The number of thiazole rings is 2. The van der Waals surface area contributed by atoms with Gasteiger partial charge in [-0.1, -0.05) is 30.3 Å². The van der Waals surface area contributed by atoms with Gasteiger partial charge in [0.1, 0.15) is 10.0 Å². The zero-order valence-corrected chi connectivity index (χ0v) is 15.9. The molecule has 27 heavy (non-hydrogen) atoms. The maximum atomic E-state index is 12.6. The van der Waals surface area contributed by atoms with Crippen LogP contribution < -0.4 is 10.6 Å². The van der Waals surface area contributed by atoms with Crippen LogP contribution in [0.15, 0.2) is 46.1 Å². The Morgan fingerprint density at radius 2 is 1.63 bits per heavy atom. The minimum atomic E-state index is -4.42. The number of hydrogen-bond acceptors (Lipinski definition) is 5. The first-order chi connectivity index (χ1) is 13.0. The predicted octanol–water partition coefficient (Wildman–Crippen LogP) is 4.15. The molecule has 0 aliphatic rings. The number of nitrogens with one attached hydrogen (secondary N) is 2. The van der Waals surface area contributed by atoms with E-state index in [4.69, 9.17) is 0 Å². The Labute approximate surface area is 162 Å². The Morgan fingerprint density at radius 3 is 2.22 bits per heavy atom. The molecule has 0 saturated carbocycles. The van der Waals surface area contributed by atoms with Crippen LogP contribution in [-0.4, -0.2) is 23.0 Å². The second-order valence-electron chi connectivity index (χ2n) is 5.40. The summed E-state index contributed by atoms with van der Waals surface area (Å²) in [6.07, 6.45) is -4.42. The van der Waals surface area contributed by atoms with Gasteiger partial charge in [0.15, 0.2) is 11.7 Å². The molecule has 0 atom stereocenters. The van der Waals surface area contributed by atoms with Crippen LogP contribution in [0.25, 0.3) is 11.3 Å². The van der Waals surface area contributed by atoms with E-state index in [2.05, 4.69) is 25.6 Å². The second kappa shape index (κ2) is 8.49. The maximum Gasteiger partial charge on any atom is 0.434 e. The number of rotatable bonds is 5. The van der Waals surface area contributed by atoms with E-state index in [0.29, 0.717) is 17.5 Å². The molecule has 2 heterocycles. The lowest BCUT2D eigenvalue weighted by atomic mass is 10.2. The lowest BCUT2D eigenvalue weighted by Crippen LogP contribution is -2.36. The number of benzene rings is 1. The normalized spacial score (nSPS) is 12.2. The summed E-state index contributed by atoms with van der Waals surface area (Å²) in [6, 6.07) is 9.86. The first-order valence-corrected chi connectivity index (χ1v) is 9.67. The molecule has 0 aliphatic heterocycles. The molecule has 0 fully saturated rings. The molecule has 0 spiro atoms. The molecule has 0 radical (unpaired) electrons. The quantitative estimate of drug-likeness (QED) is 0.489. The number of alkyl halides is 3. The van der Waals surface area contributed by atoms with Crippen molar-refractivity contribution in [3.63, 3.8) is 0 Å². The van der Waals surface area contributed by atoms with E-state index < -0.39 is 11.9 Å². The molecule has 5 nitrogen and oxygen atoms in total. The molecular weight excluding hydrogens is 395 g/mol.